The van der Waals surface area contributed by atoms with E-state index in [0.717, 1.165) is 21.1 Å². The number of anilines is 2. The van der Waals surface area contributed by atoms with E-state index in [-0.39, 0.29) is 5.91 Å². The minimum absolute atomic E-state index is 0.0478. The van der Waals surface area contributed by atoms with Gasteiger partial charge in [0.2, 0.25) is 11.9 Å². The molecule has 1 amide bonds. The van der Waals surface area contributed by atoms with Crippen LogP contribution in [0.3, 0.4) is 0 Å². The zero-order valence-corrected chi connectivity index (χ0v) is 16.7. The van der Waals surface area contributed by atoms with E-state index < -0.39 is 12.0 Å². The van der Waals surface area contributed by atoms with Gasteiger partial charge in [0.1, 0.15) is 5.92 Å². The molecule has 1 aromatic carbocycles. The highest BCUT2D eigenvalue weighted by Crippen LogP contribution is 2.42. The van der Waals surface area contributed by atoms with Gasteiger partial charge in [-0.3, -0.25) is 9.48 Å². The third-order valence-electron chi connectivity index (χ3n) is 4.59. The number of aliphatic hydroxyl groups excluding tert-OH is 1. The van der Waals surface area contributed by atoms with Crippen molar-refractivity contribution < 1.29 is 9.90 Å². The molecule has 1 aliphatic rings. The van der Waals surface area contributed by atoms with Crippen LogP contribution in [-0.4, -0.2) is 50.5 Å². The lowest BCUT2D eigenvalue weighted by atomic mass is 9.95. The molecule has 0 fully saturated rings. The molecule has 0 aliphatic carbocycles. The molecular formula is C18H19BrN6O2. The Labute approximate surface area is 164 Å². The molecule has 3 aromatic rings. The lowest BCUT2D eigenvalue weighted by Crippen LogP contribution is -2.25. The van der Waals surface area contributed by atoms with E-state index in [0.29, 0.717) is 23.8 Å². The van der Waals surface area contributed by atoms with Crippen LogP contribution in [0.4, 0.5) is 11.6 Å². The van der Waals surface area contributed by atoms with Crippen molar-refractivity contribution >= 4 is 44.5 Å². The van der Waals surface area contributed by atoms with Gasteiger partial charge in [-0.05, 0) is 30.7 Å². The second-order valence-electron chi connectivity index (χ2n) is 6.74. The first-order valence-electron chi connectivity index (χ1n) is 8.55. The second kappa shape index (κ2) is 6.58. The molecule has 3 heterocycles. The van der Waals surface area contributed by atoms with E-state index >= 15 is 0 Å². The third kappa shape index (κ3) is 3.06. The number of benzene rings is 1. The van der Waals surface area contributed by atoms with Crippen LogP contribution in [-0.2, 0) is 11.8 Å². The fraction of sp³-hybridized carbons (Fsp3) is 0.333. The Balaban J connectivity index is 1.90. The molecule has 8 nitrogen and oxygen atoms in total. The number of halogens is 1. The smallest absolute Gasteiger partial charge is 0.240 e. The van der Waals surface area contributed by atoms with E-state index in [4.69, 9.17) is 0 Å². The van der Waals surface area contributed by atoms with E-state index in [1.54, 1.807) is 23.6 Å². The van der Waals surface area contributed by atoms with Crippen LogP contribution in [0.2, 0.25) is 0 Å². The van der Waals surface area contributed by atoms with Gasteiger partial charge >= 0.3 is 0 Å². The van der Waals surface area contributed by atoms with Gasteiger partial charge in [0.15, 0.2) is 5.65 Å². The van der Waals surface area contributed by atoms with Crippen molar-refractivity contribution in [3.05, 3.63) is 40.1 Å². The zero-order valence-electron chi connectivity index (χ0n) is 15.1. The summed E-state index contributed by atoms with van der Waals surface area (Å²) in [7, 11) is 3.57. The number of hydrogen-bond donors (Lipinski definition) is 2. The first-order valence-corrected chi connectivity index (χ1v) is 9.34. The van der Waals surface area contributed by atoms with Gasteiger partial charge in [0, 0.05) is 37.0 Å². The molecule has 0 bridgehead atoms. The molecule has 4 rings (SSSR count). The Morgan fingerprint density at radius 2 is 2.11 bits per heavy atom. The highest BCUT2D eigenvalue weighted by molar-refractivity contribution is 9.10. The van der Waals surface area contributed by atoms with Gasteiger partial charge < -0.3 is 15.3 Å². The molecule has 9 heteroatoms. The summed E-state index contributed by atoms with van der Waals surface area (Å²) in [5, 5.41) is 17.7. The third-order valence-corrected chi connectivity index (χ3v) is 5.09. The number of aliphatic hydroxyl groups is 1. The quantitative estimate of drug-likeness (QED) is 0.657. The Morgan fingerprint density at radius 3 is 2.85 bits per heavy atom. The summed E-state index contributed by atoms with van der Waals surface area (Å²) in [5.41, 5.74) is 2.87. The van der Waals surface area contributed by atoms with Crippen LogP contribution in [0.15, 0.2) is 28.9 Å². The average molecular weight is 431 g/mol. The van der Waals surface area contributed by atoms with Gasteiger partial charge in [-0.2, -0.15) is 10.1 Å². The number of rotatable bonds is 4. The van der Waals surface area contributed by atoms with Crippen molar-refractivity contribution in [2.45, 2.75) is 18.9 Å². The minimum atomic E-state index is -0.549. The molecule has 2 N–H and O–H groups in total. The SMILES string of the molecule is C[C@H](O)CNc1nc(C2C(=O)N(C)c3ccc(Br)cc32)c2cn(C)nc2n1. The van der Waals surface area contributed by atoms with E-state index in [1.165, 1.54) is 0 Å². The van der Waals surface area contributed by atoms with Crippen molar-refractivity contribution in [1.29, 1.82) is 0 Å². The largest absolute Gasteiger partial charge is 0.392 e. The lowest BCUT2D eigenvalue weighted by Gasteiger charge is -2.13. The number of aromatic nitrogens is 4. The Bertz CT molecular complexity index is 1050. The topological polar surface area (TPSA) is 96.2 Å². The van der Waals surface area contributed by atoms with Crippen LogP contribution in [0.5, 0.6) is 0 Å². The second-order valence-corrected chi connectivity index (χ2v) is 7.65. The Morgan fingerprint density at radius 1 is 1.33 bits per heavy atom. The number of fused-ring (bicyclic) bond motifs is 2. The number of nitrogens with one attached hydrogen (secondary N) is 1. The normalized spacial score (nSPS) is 17.4. The maximum Gasteiger partial charge on any atom is 0.240 e. The van der Waals surface area contributed by atoms with Crippen LogP contribution in [0.1, 0.15) is 24.1 Å². The molecule has 27 heavy (non-hydrogen) atoms. The van der Waals surface area contributed by atoms with Crippen LogP contribution in [0.25, 0.3) is 11.0 Å². The molecule has 0 saturated heterocycles. The number of nitrogens with zero attached hydrogens (tertiary/aromatic N) is 5. The van der Waals surface area contributed by atoms with Crippen molar-refractivity contribution in [3.63, 3.8) is 0 Å². The van der Waals surface area contributed by atoms with E-state index in [9.17, 15) is 9.90 Å². The predicted molar refractivity (Wildman–Crippen MR) is 106 cm³/mol. The molecule has 2 aromatic heterocycles. The zero-order chi connectivity index (χ0) is 19.3. The summed E-state index contributed by atoms with van der Waals surface area (Å²) in [4.78, 5) is 23.8. The maximum atomic E-state index is 13.1. The monoisotopic (exact) mass is 430 g/mol. The average Bonchev–Trinajstić information content (AvgIpc) is 3.10. The summed E-state index contributed by atoms with van der Waals surface area (Å²) < 4.78 is 2.56. The highest BCUT2D eigenvalue weighted by Gasteiger charge is 2.39. The summed E-state index contributed by atoms with van der Waals surface area (Å²) >= 11 is 3.49. The number of carbonyl (C=O) groups is 1. The number of amides is 1. The highest BCUT2D eigenvalue weighted by atomic mass is 79.9. The summed E-state index contributed by atoms with van der Waals surface area (Å²) in [6.07, 6.45) is 1.28. The minimum Gasteiger partial charge on any atom is -0.392 e. The maximum absolute atomic E-state index is 13.1. The van der Waals surface area contributed by atoms with Crippen molar-refractivity contribution in [1.82, 2.24) is 19.7 Å². The molecule has 2 atom stereocenters. The fourth-order valence-corrected chi connectivity index (χ4v) is 3.73. The predicted octanol–water partition coefficient (Wildman–Crippen LogP) is 2.03. The van der Waals surface area contributed by atoms with Gasteiger partial charge in [0.05, 0.1) is 17.2 Å². The van der Waals surface area contributed by atoms with Crippen molar-refractivity contribution in [2.75, 3.05) is 23.8 Å². The number of likely N-dealkylation sites (N-methyl/N-ethyl adjacent to an activating group) is 1. The molecule has 0 spiro atoms. The number of carbonyl (C=O) groups excluding carboxylic acids is 1. The van der Waals surface area contributed by atoms with Gasteiger partial charge in [-0.15, -0.1) is 0 Å². The van der Waals surface area contributed by atoms with E-state index in [2.05, 4.69) is 36.3 Å². The fourth-order valence-electron chi connectivity index (χ4n) is 3.35. The van der Waals surface area contributed by atoms with Gasteiger partial charge in [-0.25, -0.2) is 4.98 Å². The Kier molecular flexibility index (Phi) is 4.35. The Hall–Kier alpha value is -2.52. The molecular weight excluding hydrogens is 412 g/mol. The summed E-state index contributed by atoms with van der Waals surface area (Å²) in [6.45, 7) is 1.98. The van der Waals surface area contributed by atoms with Gasteiger partial charge in [-0.1, -0.05) is 15.9 Å². The molecule has 140 valence electrons. The van der Waals surface area contributed by atoms with Gasteiger partial charge in [0.25, 0.3) is 0 Å². The van der Waals surface area contributed by atoms with Crippen LogP contribution in [0, 0.1) is 0 Å². The number of aryl methyl sites for hydroxylation is 1. The first kappa shape index (κ1) is 17.9. The summed E-state index contributed by atoms with van der Waals surface area (Å²) in [5.74, 6) is -0.242. The van der Waals surface area contributed by atoms with Crippen LogP contribution < -0.4 is 10.2 Å². The molecule has 1 unspecified atom stereocenters. The molecule has 1 aliphatic heterocycles. The van der Waals surface area contributed by atoms with E-state index in [1.807, 2.05) is 31.4 Å². The van der Waals surface area contributed by atoms with Crippen molar-refractivity contribution in [3.8, 4) is 0 Å². The summed E-state index contributed by atoms with van der Waals surface area (Å²) in [6, 6.07) is 5.79. The molecule has 0 radical (unpaired) electrons. The standard InChI is InChI=1S/C18H19BrN6O2/c1-9(26)7-20-18-21-15(12-8-24(2)23-16(12)22-18)14-11-6-10(19)4-5-13(11)25(3)17(14)27/h4-6,8-9,14,26H,7H2,1-3H3,(H,20,22,23)/t9-,14?/m0/s1. The lowest BCUT2D eigenvalue weighted by molar-refractivity contribution is -0.118. The van der Waals surface area contributed by atoms with Crippen LogP contribution >= 0.6 is 15.9 Å². The first-order chi connectivity index (χ1) is 12.8. The van der Waals surface area contributed by atoms with Crippen molar-refractivity contribution in [2.24, 2.45) is 7.05 Å². The molecule has 0 saturated carbocycles. The number of hydrogen-bond acceptors (Lipinski definition) is 6.